The van der Waals surface area contributed by atoms with Crippen molar-refractivity contribution in [2.45, 2.75) is 25.5 Å². The molecular weight excluding hydrogens is 452 g/mol. The van der Waals surface area contributed by atoms with Crippen molar-refractivity contribution in [1.82, 2.24) is 5.01 Å². The number of non-ortho nitro benzene ring substituents is 1. The van der Waals surface area contributed by atoms with Gasteiger partial charge in [-0.2, -0.15) is 0 Å². The summed E-state index contributed by atoms with van der Waals surface area (Å²) in [7, 11) is 0. The molecule has 0 aliphatic heterocycles. The Labute approximate surface area is 193 Å². The highest BCUT2D eigenvalue weighted by Gasteiger charge is 2.41. The van der Waals surface area contributed by atoms with E-state index in [0.717, 1.165) is 24.3 Å². The number of hydrogen-bond donors (Lipinski definition) is 2. The van der Waals surface area contributed by atoms with E-state index in [4.69, 9.17) is 20.9 Å². The van der Waals surface area contributed by atoms with Crippen molar-refractivity contribution in [2.24, 2.45) is 16.5 Å². The number of hydrazine groups is 1. The van der Waals surface area contributed by atoms with E-state index < -0.39 is 28.1 Å². The van der Waals surface area contributed by atoms with Crippen LogP contribution in [-0.2, 0) is 16.1 Å². The molecule has 4 N–H and O–H groups in total. The zero-order chi connectivity index (χ0) is 25.1. The quantitative estimate of drug-likeness (QED) is 0.0917. The predicted molar refractivity (Wildman–Crippen MR) is 118 cm³/mol. The second-order valence-electron chi connectivity index (χ2n) is 6.76. The Morgan fingerprint density at radius 3 is 2.24 bits per heavy atom. The Morgan fingerprint density at radius 2 is 1.68 bits per heavy atom. The lowest BCUT2D eigenvalue weighted by Crippen LogP contribution is -2.50. The summed E-state index contributed by atoms with van der Waals surface area (Å²) in [5.41, 5.74) is 10.8. The van der Waals surface area contributed by atoms with Gasteiger partial charge in [0.25, 0.3) is 5.69 Å². The maximum absolute atomic E-state index is 12.8. The summed E-state index contributed by atoms with van der Waals surface area (Å²) in [4.78, 5) is 50.9. The molecule has 0 bridgehead atoms. The van der Waals surface area contributed by atoms with Crippen LogP contribution < -0.4 is 16.2 Å². The third kappa shape index (κ3) is 7.74. The predicted octanol–water partition coefficient (Wildman–Crippen LogP) is 1.75. The topological polar surface area (TPSA) is 207 Å². The first-order valence-electron chi connectivity index (χ1n) is 9.84. The monoisotopic (exact) mass is 474 g/mol. The number of hydrogen-bond acceptors (Lipinski definition) is 9. The minimum atomic E-state index is -1.69. The van der Waals surface area contributed by atoms with E-state index in [1.807, 2.05) is 0 Å². The fourth-order valence-electron chi connectivity index (χ4n) is 2.75. The third-order valence-corrected chi connectivity index (χ3v) is 4.33. The average Bonchev–Trinajstić information content (AvgIpc) is 2.80. The van der Waals surface area contributed by atoms with E-state index in [1.165, 1.54) is 0 Å². The van der Waals surface area contributed by atoms with Crippen molar-refractivity contribution in [1.29, 1.82) is 0 Å². The van der Waals surface area contributed by atoms with Crippen LogP contribution in [0.25, 0.3) is 0 Å². The molecule has 14 heteroatoms. The summed E-state index contributed by atoms with van der Waals surface area (Å²) in [5.74, 6) is -1.46. The number of esters is 1. The first-order chi connectivity index (χ1) is 16.2. The van der Waals surface area contributed by atoms with Gasteiger partial charge in [0.1, 0.15) is 12.4 Å². The van der Waals surface area contributed by atoms with Crippen LogP contribution in [0.3, 0.4) is 0 Å². The molecule has 180 valence electrons. The molecule has 0 spiro atoms. The molecule has 14 nitrogen and oxygen atoms in total. The molecule has 2 rings (SSSR count). The molecule has 0 fully saturated rings. The van der Waals surface area contributed by atoms with Gasteiger partial charge in [-0.1, -0.05) is 30.3 Å². The van der Waals surface area contributed by atoms with E-state index in [2.05, 4.69) is 4.99 Å². The smallest absolute Gasteiger partial charge is 0.441 e. The van der Waals surface area contributed by atoms with Gasteiger partial charge in [-0.05, 0) is 35.5 Å². The van der Waals surface area contributed by atoms with Crippen LogP contribution in [0.1, 0.15) is 18.4 Å². The molecule has 2 aromatic rings. The van der Waals surface area contributed by atoms with Crippen molar-refractivity contribution in [3.05, 3.63) is 80.4 Å². The Hall–Kier alpha value is -4.75. The maximum Gasteiger partial charge on any atom is 0.469 e. The van der Waals surface area contributed by atoms with Gasteiger partial charge < -0.3 is 20.9 Å². The number of carbonyl (C=O) groups is 2. The van der Waals surface area contributed by atoms with Gasteiger partial charge in [0.2, 0.25) is 6.04 Å². The number of guanidine groups is 1. The zero-order valence-corrected chi connectivity index (χ0v) is 17.8. The molecule has 34 heavy (non-hydrogen) atoms. The van der Waals surface area contributed by atoms with Gasteiger partial charge >= 0.3 is 12.1 Å². The number of ether oxygens (including phenoxy) is 2. The number of benzene rings is 2. The molecule has 0 heterocycles. The first kappa shape index (κ1) is 25.5. The van der Waals surface area contributed by atoms with E-state index >= 15 is 0 Å². The standard InChI is InChI=1S/C20H22N6O8/c21-19(22)23-12-4-7-17(18(27)34-16-10-8-15(9-11-16)25(29)30)24(26(31)32)20(28)33-13-14-5-2-1-3-6-14/h1-3,5-6,8-11,17H,4,7,12-13H2,(H4,21,22,23)/t17-/m0/s1. The molecule has 1 atom stereocenters. The van der Waals surface area contributed by atoms with Crippen LogP contribution in [0.15, 0.2) is 59.6 Å². The number of nitrogens with two attached hydrogens (primary N) is 2. The number of rotatable bonds is 11. The molecule has 0 saturated carbocycles. The van der Waals surface area contributed by atoms with Crippen molar-refractivity contribution in [3.63, 3.8) is 0 Å². The molecule has 0 aromatic heterocycles. The second-order valence-corrected chi connectivity index (χ2v) is 6.76. The minimum Gasteiger partial charge on any atom is -0.441 e. The van der Waals surface area contributed by atoms with Crippen LogP contribution in [0.2, 0.25) is 0 Å². The summed E-state index contributed by atoms with van der Waals surface area (Å²) in [5, 5.41) is 21.4. The van der Waals surface area contributed by atoms with Crippen LogP contribution in [-0.4, -0.2) is 45.6 Å². The molecule has 0 unspecified atom stereocenters. The highest BCUT2D eigenvalue weighted by molar-refractivity contribution is 5.82. The molecule has 0 aliphatic rings. The zero-order valence-electron chi connectivity index (χ0n) is 17.8. The van der Waals surface area contributed by atoms with Crippen molar-refractivity contribution in [2.75, 3.05) is 6.54 Å². The Bertz CT molecular complexity index is 1040. The van der Waals surface area contributed by atoms with Crippen LogP contribution in [0, 0.1) is 20.2 Å². The fourth-order valence-corrected chi connectivity index (χ4v) is 2.75. The van der Waals surface area contributed by atoms with Gasteiger partial charge in [-0.15, -0.1) is 0 Å². The molecule has 0 saturated heterocycles. The third-order valence-electron chi connectivity index (χ3n) is 4.33. The molecule has 0 radical (unpaired) electrons. The highest BCUT2D eigenvalue weighted by Crippen LogP contribution is 2.20. The van der Waals surface area contributed by atoms with Gasteiger partial charge in [0.15, 0.2) is 11.0 Å². The first-order valence-corrected chi connectivity index (χ1v) is 9.84. The van der Waals surface area contributed by atoms with Crippen molar-refractivity contribution < 1.29 is 29.0 Å². The second kappa shape index (κ2) is 12.3. The van der Waals surface area contributed by atoms with E-state index in [0.29, 0.717) is 5.56 Å². The highest BCUT2D eigenvalue weighted by atomic mass is 16.7. The Kier molecular flexibility index (Phi) is 9.25. The molecule has 0 aliphatic carbocycles. The van der Waals surface area contributed by atoms with Gasteiger partial charge in [0, 0.05) is 18.7 Å². The summed E-state index contributed by atoms with van der Waals surface area (Å²) < 4.78 is 10.1. The number of amides is 1. The van der Waals surface area contributed by atoms with E-state index in [9.17, 15) is 29.8 Å². The fraction of sp³-hybridized carbons (Fsp3) is 0.250. The van der Waals surface area contributed by atoms with Crippen LogP contribution in [0.5, 0.6) is 5.75 Å². The number of aliphatic imine (C=N–C) groups is 1. The van der Waals surface area contributed by atoms with Crippen LogP contribution in [0.4, 0.5) is 10.5 Å². The minimum absolute atomic E-state index is 0.0339. The summed E-state index contributed by atoms with van der Waals surface area (Å²) in [6.45, 7) is -0.226. The number of nitrogens with zero attached hydrogens (tertiary/aromatic N) is 4. The van der Waals surface area contributed by atoms with E-state index in [1.54, 1.807) is 30.3 Å². The summed E-state index contributed by atoms with van der Waals surface area (Å²) >= 11 is 0. The van der Waals surface area contributed by atoms with Crippen molar-refractivity contribution in [3.8, 4) is 5.75 Å². The largest absolute Gasteiger partial charge is 0.469 e. The normalized spacial score (nSPS) is 11.1. The molecular formula is C20H22N6O8. The van der Waals surface area contributed by atoms with Gasteiger partial charge in [0.05, 0.1) is 4.92 Å². The maximum atomic E-state index is 12.8. The summed E-state index contributed by atoms with van der Waals surface area (Å²) in [6.07, 6.45) is -1.51. The Morgan fingerprint density at radius 1 is 1.03 bits per heavy atom. The number of nitro groups is 2. The number of nitro benzene ring substituents is 1. The van der Waals surface area contributed by atoms with Gasteiger partial charge in [-0.25, -0.2) is 19.7 Å². The number of carbonyl (C=O) groups excluding carboxylic acids is 2. The lowest BCUT2D eigenvalue weighted by molar-refractivity contribution is -0.641. The lowest BCUT2D eigenvalue weighted by atomic mass is 10.1. The summed E-state index contributed by atoms with van der Waals surface area (Å²) in [6, 6.07) is 11.2. The molecule has 1 amide bonds. The van der Waals surface area contributed by atoms with Gasteiger partial charge in [-0.3, -0.25) is 15.1 Å². The van der Waals surface area contributed by atoms with Crippen molar-refractivity contribution >= 4 is 23.7 Å². The van der Waals surface area contributed by atoms with E-state index in [-0.39, 0.29) is 48.4 Å². The molecule has 2 aromatic carbocycles. The lowest BCUT2D eigenvalue weighted by Gasteiger charge is -2.21. The SMILES string of the molecule is NC(N)=NCCC[C@@H](C(=O)Oc1ccc([N+](=O)[O-])cc1)N(C(=O)OCc1ccccc1)[N+](=O)[O-]. The van der Waals surface area contributed by atoms with Crippen LogP contribution >= 0.6 is 0 Å². The average molecular weight is 474 g/mol. The Balaban J connectivity index is 2.20.